The highest BCUT2D eigenvalue weighted by atomic mass is 32.1. The molecule has 20 heavy (non-hydrogen) atoms. The predicted octanol–water partition coefficient (Wildman–Crippen LogP) is 3.31. The quantitative estimate of drug-likeness (QED) is 0.631. The van der Waals surface area contributed by atoms with E-state index in [1.807, 2.05) is 17.5 Å². The van der Waals surface area contributed by atoms with E-state index in [4.69, 9.17) is 4.74 Å². The first kappa shape index (κ1) is 14.1. The molecule has 0 N–H and O–H groups in total. The minimum Gasteiger partial charge on any atom is -0.461 e. The Hall–Kier alpha value is -0.870. The summed E-state index contributed by atoms with van der Waals surface area (Å²) >= 11 is 1.46. The number of esters is 1. The third kappa shape index (κ3) is 2.77. The topological polar surface area (TPSA) is 26.3 Å². The average Bonchev–Trinajstić information content (AvgIpc) is 2.98. The van der Waals surface area contributed by atoms with Gasteiger partial charge >= 0.3 is 5.97 Å². The summed E-state index contributed by atoms with van der Waals surface area (Å²) in [4.78, 5) is 12.7. The molecule has 2 saturated heterocycles. The second kappa shape index (κ2) is 5.86. The maximum absolute atomic E-state index is 12.0. The SMILES string of the molecule is C[N@+]12CCCC[C@@H]1[C@H](COC(=O)c1cccs1)CCC2. The lowest BCUT2D eigenvalue weighted by molar-refractivity contribution is -0.947. The Kier molecular flexibility index (Phi) is 4.13. The molecule has 0 amide bonds. The third-order valence-corrected chi connectivity index (χ3v) is 6.01. The highest BCUT2D eigenvalue weighted by Crippen LogP contribution is 2.36. The van der Waals surface area contributed by atoms with Crippen LogP contribution in [0.5, 0.6) is 0 Å². The smallest absolute Gasteiger partial charge is 0.348 e. The van der Waals surface area contributed by atoms with Gasteiger partial charge in [0.05, 0.1) is 26.2 Å². The number of rotatable bonds is 3. The van der Waals surface area contributed by atoms with Crippen LogP contribution < -0.4 is 0 Å². The van der Waals surface area contributed by atoms with Gasteiger partial charge in [-0.2, -0.15) is 0 Å². The minimum atomic E-state index is -0.143. The highest BCUT2D eigenvalue weighted by molar-refractivity contribution is 7.11. The maximum atomic E-state index is 12.0. The van der Waals surface area contributed by atoms with Gasteiger partial charge in [0.2, 0.25) is 0 Å². The third-order valence-electron chi connectivity index (χ3n) is 5.16. The summed E-state index contributed by atoms with van der Waals surface area (Å²) in [5, 5.41) is 1.92. The molecule has 110 valence electrons. The summed E-state index contributed by atoms with van der Waals surface area (Å²) in [6, 6.07) is 4.44. The summed E-state index contributed by atoms with van der Waals surface area (Å²) in [6.07, 6.45) is 6.49. The fraction of sp³-hybridized carbons (Fsp3) is 0.688. The number of carbonyl (C=O) groups excluding carboxylic acids is 1. The van der Waals surface area contributed by atoms with Crippen LogP contribution >= 0.6 is 11.3 Å². The molecule has 0 aromatic carbocycles. The van der Waals surface area contributed by atoms with Gasteiger partial charge in [-0.1, -0.05) is 6.07 Å². The molecule has 3 heterocycles. The van der Waals surface area contributed by atoms with Crippen molar-refractivity contribution in [3.8, 4) is 0 Å². The number of piperidine rings is 2. The predicted molar refractivity (Wildman–Crippen MR) is 80.9 cm³/mol. The van der Waals surface area contributed by atoms with Crippen LogP contribution in [0.4, 0.5) is 0 Å². The Labute approximate surface area is 125 Å². The number of quaternary nitrogens is 1. The van der Waals surface area contributed by atoms with Gasteiger partial charge in [-0.15, -0.1) is 11.3 Å². The van der Waals surface area contributed by atoms with Gasteiger partial charge in [-0.25, -0.2) is 4.79 Å². The van der Waals surface area contributed by atoms with E-state index >= 15 is 0 Å². The van der Waals surface area contributed by atoms with Crippen LogP contribution in [0, 0.1) is 5.92 Å². The Morgan fingerprint density at radius 3 is 3.00 bits per heavy atom. The van der Waals surface area contributed by atoms with Crippen LogP contribution in [0.3, 0.4) is 0 Å². The zero-order valence-electron chi connectivity index (χ0n) is 12.2. The molecule has 2 aliphatic rings. The van der Waals surface area contributed by atoms with E-state index in [0.717, 1.165) is 4.88 Å². The summed E-state index contributed by atoms with van der Waals surface area (Å²) in [5.41, 5.74) is 0. The van der Waals surface area contributed by atoms with Crippen molar-refractivity contribution < 1.29 is 14.0 Å². The molecule has 0 bridgehead atoms. The van der Waals surface area contributed by atoms with Crippen molar-refractivity contribution in [3.63, 3.8) is 0 Å². The first-order valence-electron chi connectivity index (χ1n) is 7.74. The molecule has 3 atom stereocenters. The van der Waals surface area contributed by atoms with E-state index in [0.29, 0.717) is 18.6 Å². The molecule has 0 saturated carbocycles. The fourth-order valence-electron chi connectivity index (χ4n) is 4.08. The van der Waals surface area contributed by atoms with Crippen LogP contribution in [0.1, 0.15) is 41.8 Å². The standard InChI is InChI=1S/C16H24NO2S/c1-17-9-3-2-7-14(17)13(6-4-10-17)12-19-16(18)15-8-5-11-20-15/h5,8,11,13-14H,2-4,6-7,9-10,12H2,1H3/q+1/t13-,14+,17+/m0/s1. The number of hydrogen-bond donors (Lipinski definition) is 0. The van der Waals surface area contributed by atoms with Crippen molar-refractivity contribution in [1.29, 1.82) is 0 Å². The number of carbonyl (C=O) groups is 1. The largest absolute Gasteiger partial charge is 0.461 e. The lowest BCUT2D eigenvalue weighted by atomic mass is 9.82. The molecule has 4 heteroatoms. The van der Waals surface area contributed by atoms with E-state index in [1.165, 1.54) is 61.0 Å². The van der Waals surface area contributed by atoms with Crippen molar-refractivity contribution in [2.45, 2.75) is 38.1 Å². The molecular weight excluding hydrogens is 270 g/mol. The lowest BCUT2D eigenvalue weighted by Crippen LogP contribution is -2.61. The molecule has 3 rings (SSSR count). The second-order valence-electron chi connectivity index (χ2n) is 6.47. The summed E-state index contributed by atoms with van der Waals surface area (Å²) in [5.74, 6) is 0.411. The van der Waals surface area contributed by atoms with Gasteiger partial charge in [0.15, 0.2) is 0 Å². The molecule has 0 radical (unpaired) electrons. The molecule has 1 aromatic heterocycles. The van der Waals surface area contributed by atoms with Crippen molar-refractivity contribution in [1.82, 2.24) is 0 Å². The molecule has 2 fully saturated rings. The van der Waals surface area contributed by atoms with E-state index in [9.17, 15) is 4.79 Å². The van der Waals surface area contributed by atoms with Gasteiger partial charge in [-0.3, -0.25) is 0 Å². The second-order valence-corrected chi connectivity index (χ2v) is 7.42. The molecule has 0 spiro atoms. The molecule has 3 nitrogen and oxygen atoms in total. The lowest BCUT2D eigenvalue weighted by Gasteiger charge is -2.51. The van der Waals surface area contributed by atoms with E-state index in [-0.39, 0.29) is 5.97 Å². The van der Waals surface area contributed by atoms with Gasteiger partial charge in [0, 0.05) is 12.3 Å². The first-order valence-corrected chi connectivity index (χ1v) is 8.62. The maximum Gasteiger partial charge on any atom is 0.348 e. The average molecular weight is 294 g/mol. The number of nitrogens with zero attached hydrogens (tertiary/aromatic N) is 1. The van der Waals surface area contributed by atoms with Crippen molar-refractivity contribution in [2.24, 2.45) is 5.92 Å². The van der Waals surface area contributed by atoms with Crippen LogP contribution in [0.2, 0.25) is 0 Å². The zero-order valence-corrected chi connectivity index (χ0v) is 13.0. The fourth-order valence-corrected chi connectivity index (χ4v) is 4.69. The van der Waals surface area contributed by atoms with Gasteiger partial charge in [-0.05, 0) is 37.1 Å². The zero-order chi connectivity index (χ0) is 14.0. The molecule has 1 aromatic rings. The molecule has 0 aliphatic carbocycles. The van der Waals surface area contributed by atoms with Crippen molar-refractivity contribution in [3.05, 3.63) is 22.4 Å². The molecule has 0 unspecified atom stereocenters. The van der Waals surface area contributed by atoms with Crippen molar-refractivity contribution >= 4 is 17.3 Å². The normalized spacial score (nSPS) is 33.5. The van der Waals surface area contributed by atoms with E-state index < -0.39 is 0 Å². The van der Waals surface area contributed by atoms with Gasteiger partial charge in [0.1, 0.15) is 11.5 Å². The summed E-state index contributed by atoms with van der Waals surface area (Å²) in [6.45, 7) is 3.22. The summed E-state index contributed by atoms with van der Waals surface area (Å²) < 4.78 is 6.79. The number of hydrogen-bond acceptors (Lipinski definition) is 3. The highest BCUT2D eigenvalue weighted by Gasteiger charge is 2.43. The summed E-state index contributed by atoms with van der Waals surface area (Å²) in [7, 11) is 2.40. The van der Waals surface area contributed by atoms with E-state index in [2.05, 4.69) is 7.05 Å². The minimum absolute atomic E-state index is 0.143. The number of thiophene rings is 1. The van der Waals surface area contributed by atoms with Crippen LogP contribution in [-0.2, 0) is 4.74 Å². The first-order chi connectivity index (χ1) is 9.69. The van der Waals surface area contributed by atoms with Gasteiger partial charge in [0.25, 0.3) is 0 Å². The number of fused-ring (bicyclic) bond motifs is 1. The van der Waals surface area contributed by atoms with E-state index in [1.54, 1.807) is 0 Å². The monoisotopic (exact) mass is 294 g/mol. The van der Waals surface area contributed by atoms with Crippen LogP contribution in [0.15, 0.2) is 17.5 Å². The Balaban J connectivity index is 1.60. The van der Waals surface area contributed by atoms with Gasteiger partial charge < -0.3 is 9.22 Å². The Morgan fingerprint density at radius 1 is 1.35 bits per heavy atom. The van der Waals surface area contributed by atoms with Crippen LogP contribution in [0.25, 0.3) is 0 Å². The molecule has 2 aliphatic heterocycles. The van der Waals surface area contributed by atoms with Crippen LogP contribution in [-0.4, -0.2) is 43.2 Å². The number of ether oxygens (including phenoxy) is 1. The molecular formula is C16H24NO2S+. The Morgan fingerprint density at radius 2 is 2.20 bits per heavy atom. The van der Waals surface area contributed by atoms with Crippen molar-refractivity contribution in [2.75, 3.05) is 26.7 Å². The Bertz CT molecular complexity index is 455.